The number of alkyl halides is 3. The van der Waals surface area contributed by atoms with Gasteiger partial charge in [0.25, 0.3) is 5.91 Å². The first-order chi connectivity index (χ1) is 15.8. The van der Waals surface area contributed by atoms with Crippen LogP contribution in [0.5, 0.6) is 5.75 Å². The Hall–Kier alpha value is -4.56. The number of hydrogen-bond donors (Lipinski definition) is 1. The van der Waals surface area contributed by atoms with Crippen LogP contribution >= 0.6 is 0 Å². The van der Waals surface area contributed by atoms with Crippen LogP contribution in [0, 0.1) is 22.7 Å². The van der Waals surface area contributed by atoms with Gasteiger partial charge in [-0.05, 0) is 48.0 Å². The molecule has 0 saturated heterocycles. The molecule has 0 radical (unpaired) electrons. The van der Waals surface area contributed by atoms with E-state index in [4.69, 9.17) is 10.00 Å². The third kappa shape index (κ3) is 6.22. The highest BCUT2D eigenvalue weighted by atomic mass is 19.4. The maximum Gasteiger partial charge on any atom is 0.416 e. The number of carbonyl (C=O) groups is 1. The summed E-state index contributed by atoms with van der Waals surface area (Å²) in [6.07, 6.45) is -3.23. The van der Waals surface area contributed by atoms with E-state index in [0.29, 0.717) is 16.9 Å². The summed E-state index contributed by atoms with van der Waals surface area (Å²) in [7, 11) is 0. The Kier molecular flexibility index (Phi) is 7.12. The number of nitrogens with one attached hydrogen (secondary N) is 1. The smallest absolute Gasteiger partial charge is 0.416 e. The zero-order valence-corrected chi connectivity index (χ0v) is 17.1. The number of anilines is 1. The van der Waals surface area contributed by atoms with Crippen molar-refractivity contribution in [1.82, 2.24) is 0 Å². The van der Waals surface area contributed by atoms with E-state index in [1.165, 1.54) is 18.2 Å². The lowest BCUT2D eigenvalue weighted by atomic mass is 10.1. The Balaban J connectivity index is 1.68. The molecule has 0 aliphatic heterocycles. The Morgan fingerprint density at radius 3 is 2.39 bits per heavy atom. The van der Waals surface area contributed by atoms with Crippen molar-refractivity contribution < 1.29 is 22.7 Å². The third-order valence-corrected chi connectivity index (χ3v) is 4.54. The number of carbonyl (C=O) groups excluding carboxylic acids is 1. The predicted molar refractivity (Wildman–Crippen MR) is 116 cm³/mol. The third-order valence-electron chi connectivity index (χ3n) is 4.54. The Bertz CT molecular complexity index is 1270. The van der Waals surface area contributed by atoms with Crippen LogP contribution in [-0.4, -0.2) is 5.91 Å². The fourth-order valence-corrected chi connectivity index (χ4v) is 2.86. The quantitative estimate of drug-likeness (QED) is 0.388. The molecule has 0 saturated carbocycles. The van der Waals surface area contributed by atoms with Gasteiger partial charge in [-0.3, -0.25) is 4.79 Å². The van der Waals surface area contributed by atoms with Gasteiger partial charge >= 0.3 is 6.18 Å². The Morgan fingerprint density at radius 2 is 1.73 bits per heavy atom. The number of nitriles is 2. The zero-order chi connectivity index (χ0) is 23.8. The highest BCUT2D eigenvalue weighted by Crippen LogP contribution is 2.30. The monoisotopic (exact) mass is 447 g/mol. The molecule has 0 bridgehead atoms. The van der Waals surface area contributed by atoms with E-state index in [-0.39, 0.29) is 17.9 Å². The summed E-state index contributed by atoms with van der Waals surface area (Å²) in [5.74, 6) is -0.308. The number of rotatable bonds is 6. The molecule has 33 heavy (non-hydrogen) atoms. The van der Waals surface area contributed by atoms with E-state index in [9.17, 15) is 23.2 Å². The Labute approximate surface area is 188 Å². The van der Waals surface area contributed by atoms with Crippen molar-refractivity contribution in [1.29, 1.82) is 10.5 Å². The maximum absolute atomic E-state index is 12.8. The first-order valence-electron chi connectivity index (χ1n) is 9.61. The van der Waals surface area contributed by atoms with E-state index in [1.54, 1.807) is 54.6 Å². The molecule has 0 aliphatic carbocycles. The Morgan fingerprint density at radius 1 is 1.00 bits per heavy atom. The maximum atomic E-state index is 12.8. The molecule has 3 aromatic carbocycles. The minimum Gasteiger partial charge on any atom is -0.489 e. The fraction of sp³-hybridized carbons (Fsp3) is 0.0800. The van der Waals surface area contributed by atoms with Crippen molar-refractivity contribution >= 4 is 17.7 Å². The van der Waals surface area contributed by atoms with E-state index < -0.39 is 17.6 Å². The lowest BCUT2D eigenvalue weighted by Gasteiger charge is -2.10. The minimum absolute atomic E-state index is 0.0719. The molecule has 1 amide bonds. The lowest BCUT2D eigenvalue weighted by Crippen LogP contribution is -2.14. The number of amides is 1. The van der Waals surface area contributed by atoms with Crippen molar-refractivity contribution in [3.8, 4) is 17.9 Å². The normalized spacial score (nSPS) is 11.2. The van der Waals surface area contributed by atoms with Crippen LogP contribution in [0.4, 0.5) is 18.9 Å². The summed E-state index contributed by atoms with van der Waals surface area (Å²) in [6.45, 7) is 0.196. The van der Waals surface area contributed by atoms with Crippen molar-refractivity contribution in [2.75, 3.05) is 5.32 Å². The number of nitrogens with zero attached hydrogens (tertiary/aromatic N) is 2. The number of hydrogen-bond acceptors (Lipinski definition) is 4. The van der Waals surface area contributed by atoms with E-state index in [1.807, 2.05) is 0 Å². The summed E-state index contributed by atoms with van der Waals surface area (Å²) in [4.78, 5) is 12.4. The number of ether oxygens (including phenoxy) is 1. The molecule has 164 valence electrons. The van der Waals surface area contributed by atoms with E-state index in [2.05, 4.69) is 11.4 Å². The molecule has 0 atom stereocenters. The topological polar surface area (TPSA) is 85.9 Å². The molecule has 0 aliphatic rings. The summed E-state index contributed by atoms with van der Waals surface area (Å²) < 4.78 is 44.2. The summed E-state index contributed by atoms with van der Waals surface area (Å²) in [5.41, 5.74) is 0.525. The van der Waals surface area contributed by atoms with Gasteiger partial charge < -0.3 is 10.1 Å². The molecule has 3 aromatic rings. The average Bonchev–Trinajstić information content (AvgIpc) is 2.81. The average molecular weight is 447 g/mol. The summed E-state index contributed by atoms with van der Waals surface area (Å²) in [5, 5.41) is 20.8. The van der Waals surface area contributed by atoms with Crippen LogP contribution in [0.2, 0.25) is 0 Å². The summed E-state index contributed by atoms with van der Waals surface area (Å²) in [6, 6.07) is 21.6. The van der Waals surface area contributed by atoms with Gasteiger partial charge in [-0.25, -0.2) is 0 Å². The molecule has 0 spiro atoms. The molecular weight excluding hydrogens is 431 g/mol. The van der Waals surface area contributed by atoms with Crippen LogP contribution in [0.3, 0.4) is 0 Å². The second kappa shape index (κ2) is 10.2. The molecule has 0 aromatic heterocycles. The van der Waals surface area contributed by atoms with Gasteiger partial charge in [0.2, 0.25) is 0 Å². The second-order valence-corrected chi connectivity index (χ2v) is 6.83. The second-order valence-electron chi connectivity index (χ2n) is 6.83. The van der Waals surface area contributed by atoms with Crippen LogP contribution in [-0.2, 0) is 17.6 Å². The van der Waals surface area contributed by atoms with Gasteiger partial charge in [0.05, 0.1) is 17.2 Å². The molecular formula is C25H16F3N3O2. The van der Waals surface area contributed by atoms with Gasteiger partial charge in [0, 0.05) is 11.3 Å². The molecule has 5 nitrogen and oxygen atoms in total. The number of benzene rings is 3. The highest BCUT2D eigenvalue weighted by molar-refractivity contribution is 6.09. The van der Waals surface area contributed by atoms with E-state index in [0.717, 1.165) is 17.7 Å². The first kappa shape index (κ1) is 23.1. The zero-order valence-electron chi connectivity index (χ0n) is 17.1. The molecule has 0 fully saturated rings. The van der Waals surface area contributed by atoms with Gasteiger partial charge in [-0.1, -0.05) is 36.4 Å². The van der Waals surface area contributed by atoms with Gasteiger partial charge in [-0.15, -0.1) is 0 Å². The van der Waals surface area contributed by atoms with Crippen molar-refractivity contribution in [2.24, 2.45) is 0 Å². The SMILES string of the molecule is N#C/C(=C/c1ccc(OCc2ccccc2C#N)cc1)C(=O)Nc1cccc(C(F)(F)F)c1. The predicted octanol–water partition coefficient (Wildman–Crippen LogP) is 5.70. The number of halogens is 3. The lowest BCUT2D eigenvalue weighted by molar-refractivity contribution is -0.137. The molecule has 8 heteroatoms. The van der Waals surface area contributed by atoms with Crippen LogP contribution < -0.4 is 10.1 Å². The van der Waals surface area contributed by atoms with Crippen molar-refractivity contribution in [2.45, 2.75) is 12.8 Å². The summed E-state index contributed by atoms with van der Waals surface area (Å²) >= 11 is 0. The van der Waals surface area contributed by atoms with Crippen molar-refractivity contribution in [3.63, 3.8) is 0 Å². The first-order valence-corrected chi connectivity index (χ1v) is 9.61. The molecule has 3 rings (SSSR count). The molecule has 0 unspecified atom stereocenters. The van der Waals surface area contributed by atoms with Crippen LogP contribution in [0.25, 0.3) is 6.08 Å². The standard InChI is InChI=1S/C25H16F3N3O2/c26-25(27,28)21-6-3-7-22(13-21)31-24(32)20(15-30)12-17-8-10-23(11-9-17)33-16-19-5-2-1-4-18(19)14-29/h1-13H,16H2,(H,31,32)/b20-12-. The van der Waals surface area contributed by atoms with Crippen LogP contribution in [0.1, 0.15) is 22.3 Å². The van der Waals surface area contributed by atoms with Crippen LogP contribution in [0.15, 0.2) is 78.4 Å². The minimum atomic E-state index is -4.55. The molecule has 0 heterocycles. The largest absolute Gasteiger partial charge is 0.489 e. The van der Waals surface area contributed by atoms with Gasteiger partial charge in [0.15, 0.2) is 0 Å². The van der Waals surface area contributed by atoms with E-state index >= 15 is 0 Å². The fourth-order valence-electron chi connectivity index (χ4n) is 2.86. The van der Waals surface area contributed by atoms with Gasteiger partial charge in [-0.2, -0.15) is 23.7 Å². The molecule has 1 N–H and O–H groups in total. The van der Waals surface area contributed by atoms with Gasteiger partial charge in [0.1, 0.15) is 24.0 Å². The van der Waals surface area contributed by atoms with Crippen molar-refractivity contribution in [3.05, 3.63) is 101 Å². The highest BCUT2D eigenvalue weighted by Gasteiger charge is 2.30.